The smallest absolute Gasteiger partial charge is 0.261 e. The summed E-state index contributed by atoms with van der Waals surface area (Å²) in [5.74, 6) is 0.908. The lowest BCUT2D eigenvalue weighted by molar-refractivity contribution is -0.142. The summed E-state index contributed by atoms with van der Waals surface area (Å²) in [7, 11) is 1.61. The fraction of sp³-hybridized carbons (Fsp3) is 0.462. The molecule has 1 aliphatic carbocycles. The van der Waals surface area contributed by atoms with Crippen LogP contribution < -0.4 is 14.8 Å². The van der Waals surface area contributed by atoms with E-state index in [0.717, 1.165) is 42.6 Å². The molecule has 2 aromatic carbocycles. The quantitative estimate of drug-likeness (QED) is 0.563. The van der Waals surface area contributed by atoms with Crippen LogP contribution in [0.4, 0.5) is 0 Å². The zero-order valence-corrected chi connectivity index (χ0v) is 20.4. The number of benzene rings is 2. The van der Waals surface area contributed by atoms with Gasteiger partial charge >= 0.3 is 0 Å². The number of rotatable bonds is 9. The summed E-state index contributed by atoms with van der Waals surface area (Å²) in [5.41, 5.74) is 1.78. The van der Waals surface area contributed by atoms with Crippen molar-refractivity contribution in [3.05, 3.63) is 58.6 Å². The van der Waals surface area contributed by atoms with E-state index in [1.165, 1.54) is 6.42 Å². The number of halogens is 1. The zero-order chi connectivity index (χ0) is 23.8. The average Bonchev–Trinajstić information content (AvgIpc) is 2.83. The van der Waals surface area contributed by atoms with E-state index >= 15 is 0 Å². The van der Waals surface area contributed by atoms with Crippen LogP contribution in [0.2, 0.25) is 5.02 Å². The maximum absolute atomic E-state index is 13.2. The third-order valence-electron chi connectivity index (χ3n) is 6.12. The molecular weight excluding hydrogens is 440 g/mol. The molecule has 2 amide bonds. The molecule has 3 rings (SSSR count). The third kappa shape index (κ3) is 7.13. The van der Waals surface area contributed by atoms with Crippen molar-refractivity contribution in [3.8, 4) is 11.5 Å². The van der Waals surface area contributed by atoms with Gasteiger partial charge in [0.25, 0.3) is 5.91 Å². The summed E-state index contributed by atoms with van der Waals surface area (Å²) < 4.78 is 11.0. The van der Waals surface area contributed by atoms with E-state index < -0.39 is 6.04 Å². The number of hydrogen-bond donors (Lipinski definition) is 1. The Morgan fingerprint density at radius 2 is 1.76 bits per heavy atom. The fourth-order valence-corrected chi connectivity index (χ4v) is 4.13. The summed E-state index contributed by atoms with van der Waals surface area (Å²) >= 11 is 6.08. The van der Waals surface area contributed by atoms with Crippen molar-refractivity contribution in [2.45, 2.75) is 64.6 Å². The molecular formula is C26H33ClN2O4. The number of nitrogens with zero attached hydrogens (tertiary/aromatic N) is 1. The van der Waals surface area contributed by atoms with Crippen molar-refractivity contribution in [2.75, 3.05) is 13.7 Å². The molecule has 1 atom stereocenters. The summed E-state index contributed by atoms with van der Waals surface area (Å²) in [6.45, 7) is 3.78. The lowest BCUT2D eigenvalue weighted by Crippen LogP contribution is -2.51. The van der Waals surface area contributed by atoms with E-state index in [4.69, 9.17) is 21.1 Å². The van der Waals surface area contributed by atoms with Gasteiger partial charge in [-0.25, -0.2) is 0 Å². The van der Waals surface area contributed by atoms with Crippen LogP contribution in [0.1, 0.15) is 50.2 Å². The van der Waals surface area contributed by atoms with Gasteiger partial charge < -0.3 is 19.7 Å². The van der Waals surface area contributed by atoms with Gasteiger partial charge in [-0.05, 0) is 68.1 Å². The fourth-order valence-electron chi connectivity index (χ4n) is 4.01. The molecule has 178 valence electrons. The van der Waals surface area contributed by atoms with Gasteiger partial charge in [0, 0.05) is 17.6 Å². The lowest BCUT2D eigenvalue weighted by Gasteiger charge is -2.31. The summed E-state index contributed by atoms with van der Waals surface area (Å²) in [4.78, 5) is 27.8. The van der Waals surface area contributed by atoms with Crippen LogP contribution in [0.15, 0.2) is 42.5 Å². The molecule has 0 spiro atoms. The van der Waals surface area contributed by atoms with Crippen LogP contribution in [0.25, 0.3) is 0 Å². The van der Waals surface area contributed by atoms with Crippen molar-refractivity contribution in [2.24, 2.45) is 0 Å². The van der Waals surface area contributed by atoms with Crippen molar-refractivity contribution in [1.82, 2.24) is 10.2 Å². The van der Waals surface area contributed by atoms with Crippen LogP contribution in [-0.4, -0.2) is 42.5 Å². The third-order valence-corrected chi connectivity index (χ3v) is 6.55. The first-order valence-corrected chi connectivity index (χ1v) is 11.9. The number of hydrogen-bond acceptors (Lipinski definition) is 4. The number of aryl methyl sites for hydroxylation is 1. The molecule has 7 heteroatoms. The Hall–Kier alpha value is -2.73. The number of carbonyl (C=O) groups is 2. The minimum absolute atomic E-state index is 0.133. The molecule has 1 aliphatic rings. The van der Waals surface area contributed by atoms with Gasteiger partial charge in [-0.1, -0.05) is 43.0 Å². The highest BCUT2D eigenvalue weighted by molar-refractivity contribution is 6.31. The molecule has 0 aromatic heterocycles. The molecule has 1 N–H and O–H groups in total. The minimum Gasteiger partial charge on any atom is -0.497 e. The molecule has 33 heavy (non-hydrogen) atoms. The number of carbonyl (C=O) groups excluding carboxylic acids is 2. The molecule has 0 aliphatic heterocycles. The van der Waals surface area contributed by atoms with E-state index in [1.807, 2.05) is 31.2 Å². The first-order chi connectivity index (χ1) is 15.9. The van der Waals surface area contributed by atoms with Crippen molar-refractivity contribution < 1.29 is 19.1 Å². The predicted octanol–water partition coefficient (Wildman–Crippen LogP) is 4.90. The Morgan fingerprint density at radius 3 is 2.39 bits per heavy atom. The van der Waals surface area contributed by atoms with Gasteiger partial charge in [0.05, 0.1) is 7.11 Å². The Morgan fingerprint density at radius 1 is 1.09 bits per heavy atom. The number of nitrogens with one attached hydrogen (secondary N) is 1. The van der Waals surface area contributed by atoms with Gasteiger partial charge in [0.1, 0.15) is 17.5 Å². The first kappa shape index (κ1) is 24.9. The van der Waals surface area contributed by atoms with Crippen molar-refractivity contribution >= 4 is 23.4 Å². The lowest BCUT2D eigenvalue weighted by atomic mass is 9.95. The minimum atomic E-state index is -0.628. The van der Waals surface area contributed by atoms with Crippen LogP contribution in [0.3, 0.4) is 0 Å². The topological polar surface area (TPSA) is 67.9 Å². The zero-order valence-electron chi connectivity index (χ0n) is 19.6. The van der Waals surface area contributed by atoms with Crippen LogP contribution in [0.5, 0.6) is 11.5 Å². The normalized spacial score (nSPS) is 14.9. The Labute approximate surface area is 201 Å². The molecule has 1 fully saturated rings. The molecule has 0 heterocycles. The van der Waals surface area contributed by atoms with Gasteiger partial charge in [-0.2, -0.15) is 0 Å². The van der Waals surface area contributed by atoms with Crippen molar-refractivity contribution in [1.29, 1.82) is 0 Å². The van der Waals surface area contributed by atoms with Crippen LogP contribution in [0, 0.1) is 6.92 Å². The molecule has 0 bridgehead atoms. The maximum Gasteiger partial charge on any atom is 0.261 e. The Bertz CT molecular complexity index is 942. The number of ether oxygens (including phenoxy) is 2. The highest BCUT2D eigenvalue weighted by atomic mass is 35.5. The standard InChI is InChI=1S/C26H33ClN2O4/c1-18-15-23(13-14-24(18)27)33-17-25(30)29(16-20-9-11-22(32-3)12-10-20)19(2)26(31)28-21-7-5-4-6-8-21/h9-15,19,21H,4-8,16-17H2,1-3H3,(H,28,31)/t19-/m1/s1. The van der Waals surface area contributed by atoms with E-state index in [0.29, 0.717) is 17.3 Å². The molecule has 0 unspecified atom stereocenters. The highest BCUT2D eigenvalue weighted by Crippen LogP contribution is 2.22. The number of methoxy groups -OCH3 is 1. The summed E-state index contributed by atoms with van der Waals surface area (Å²) in [5, 5.41) is 3.78. The molecule has 1 saturated carbocycles. The van der Waals surface area contributed by atoms with Crippen LogP contribution >= 0.6 is 11.6 Å². The second-order valence-electron chi connectivity index (χ2n) is 8.59. The highest BCUT2D eigenvalue weighted by Gasteiger charge is 2.28. The second kappa shape index (κ2) is 11.9. The van der Waals surface area contributed by atoms with Gasteiger partial charge in [0.2, 0.25) is 5.91 Å². The van der Waals surface area contributed by atoms with Crippen molar-refractivity contribution in [3.63, 3.8) is 0 Å². The average molecular weight is 473 g/mol. The SMILES string of the molecule is COc1ccc(CN(C(=O)COc2ccc(Cl)c(C)c2)[C@H](C)C(=O)NC2CCCCC2)cc1. The Balaban J connectivity index is 1.71. The molecule has 0 radical (unpaired) electrons. The summed E-state index contributed by atoms with van der Waals surface area (Å²) in [6, 6.07) is 12.3. The maximum atomic E-state index is 13.2. The Kier molecular flexibility index (Phi) is 9.01. The first-order valence-electron chi connectivity index (χ1n) is 11.5. The molecule has 6 nitrogen and oxygen atoms in total. The molecule has 2 aromatic rings. The van der Waals surface area contributed by atoms with E-state index in [1.54, 1.807) is 37.1 Å². The predicted molar refractivity (Wildman–Crippen MR) is 130 cm³/mol. The largest absolute Gasteiger partial charge is 0.497 e. The van der Waals surface area contributed by atoms with Gasteiger partial charge in [0.15, 0.2) is 6.61 Å². The molecule has 0 saturated heterocycles. The van der Waals surface area contributed by atoms with Gasteiger partial charge in [-0.3, -0.25) is 9.59 Å². The second-order valence-corrected chi connectivity index (χ2v) is 9.00. The van der Waals surface area contributed by atoms with E-state index in [-0.39, 0.29) is 24.5 Å². The van der Waals surface area contributed by atoms with E-state index in [9.17, 15) is 9.59 Å². The monoisotopic (exact) mass is 472 g/mol. The van der Waals surface area contributed by atoms with Crippen LogP contribution in [-0.2, 0) is 16.1 Å². The van der Waals surface area contributed by atoms with Gasteiger partial charge in [-0.15, -0.1) is 0 Å². The van der Waals surface area contributed by atoms with E-state index in [2.05, 4.69) is 5.32 Å². The summed E-state index contributed by atoms with van der Waals surface area (Å²) in [6.07, 6.45) is 5.45. The number of amides is 2.